The summed E-state index contributed by atoms with van der Waals surface area (Å²) in [7, 11) is 0. The highest BCUT2D eigenvalue weighted by atomic mass is 35.5. The van der Waals surface area contributed by atoms with E-state index in [1.807, 2.05) is 0 Å². The van der Waals surface area contributed by atoms with Crippen molar-refractivity contribution in [2.45, 2.75) is 57.5 Å². The monoisotopic (exact) mass is 347 g/mol. The van der Waals surface area contributed by atoms with Gasteiger partial charge in [-0.2, -0.15) is 5.26 Å². The van der Waals surface area contributed by atoms with Crippen LogP contribution < -0.4 is 0 Å². The lowest BCUT2D eigenvalue weighted by Crippen LogP contribution is -2.47. The first kappa shape index (κ1) is 18.5. The van der Waals surface area contributed by atoms with E-state index in [1.54, 1.807) is 45.0 Å². The Hall–Kier alpha value is -1.86. The molecule has 1 aromatic carbocycles. The summed E-state index contributed by atoms with van der Waals surface area (Å²) in [5.41, 5.74) is -1.68. The number of nitriles is 1. The maximum atomic E-state index is 13.0. The normalized spacial score (nSPS) is 20.8. The highest BCUT2D eigenvalue weighted by molar-refractivity contribution is 6.30. The third-order valence-electron chi connectivity index (χ3n) is 4.29. The van der Waals surface area contributed by atoms with Crippen molar-refractivity contribution in [3.8, 4) is 6.07 Å². The maximum Gasteiger partial charge on any atom is 0.331 e. The van der Waals surface area contributed by atoms with Crippen LogP contribution in [-0.4, -0.2) is 17.4 Å². The smallest absolute Gasteiger partial charge is 0.331 e. The van der Waals surface area contributed by atoms with Crippen LogP contribution in [0.4, 0.5) is 0 Å². The number of ether oxygens (including phenoxy) is 1. The number of hydrogen-bond donors (Lipinski definition) is 0. The molecule has 0 radical (unpaired) electrons. The Morgan fingerprint density at radius 1 is 1.29 bits per heavy atom. The second-order valence-electron chi connectivity index (χ2n) is 7.26. The first-order valence-electron chi connectivity index (χ1n) is 8.11. The van der Waals surface area contributed by atoms with Crippen LogP contribution in [0.25, 0.3) is 0 Å². The van der Waals surface area contributed by atoms with Crippen molar-refractivity contribution >= 4 is 23.4 Å². The highest BCUT2D eigenvalue weighted by Crippen LogP contribution is 2.42. The summed E-state index contributed by atoms with van der Waals surface area (Å²) in [4.78, 5) is 25.0. The third-order valence-corrected chi connectivity index (χ3v) is 4.54. The molecule has 0 aliphatic heterocycles. The van der Waals surface area contributed by atoms with E-state index in [0.29, 0.717) is 29.8 Å². The van der Waals surface area contributed by atoms with E-state index in [2.05, 4.69) is 6.07 Å². The van der Waals surface area contributed by atoms with E-state index in [1.165, 1.54) is 0 Å². The minimum absolute atomic E-state index is 0.0865. The summed E-state index contributed by atoms with van der Waals surface area (Å²) in [5.74, 6) is -0.900. The van der Waals surface area contributed by atoms with Crippen LogP contribution in [0.5, 0.6) is 0 Å². The zero-order chi connectivity index (χ0) is 18.0. The van der Waals surface area contributed by atoms with Crippen molar-refractivity contribution in [2.75, 3.05) is 0 Å². The quantitative estimate of drug-likeness (QED) is 0.768. The molecular weight excluding hydrogens is 326 g/mol. The molecule has 1 saturated carbocycles. The minimum atomic E-state index is -1.49. The lowest BCUT2D eigenvalue weighted by molar-refractivity contribution is -0.162. The third kappa shape index (κ3) is 3.79. The molecule has 0 amide bonds. The minimum Gasteiger partial charge on any atom is -0.459 e. The predicted molar refractivity (Wildman–Crippen MR) is 91.6 cm³/mol. The van der Waals surface area contributed by atoms with Crippen LogP contribution in [0.1, 0.15) is 52.0 Å². The van der Waals surface area contributed by atoms with Gasteiger partial charge in [0.1, 0.15) is 11.4 Å². The van der Waals surface area contributed by atoms with Gasteiger partial charge in [-0.15, -0.1) is 0 Å². The number of halogens is 1. The Balaban J connectivity index is 2.53. The Labute approximate surface area is 147 Å². The molecule has 1 fully saturated rings. The SMILES string of the molecule is CC(C)(C)OC(=O)[C@@](C#N)(c1ccc(Cl)cc1)[C@H]1CCCC(=O)C1. The molecule has 1 aliphatic rings. The molecule has 1 aliphatic carbocycles. The molecule has 0 aromatic heterocycles. The number of nitrogens with zero attached hydrogens (tertiary/aromatic N) is 1. The summed E-state index contributed by atoms with van der Waals surface area (Å²) in [6.07, 6.45) is 2.05. The Bertz CT molecular complexity index is 669. The van der Waals surface area contributed by atoms with Crippen LogP contribution in [0.2, 0.25) is 5.02 Å². The highest BCUT2D eigenvalue weighted by Gasteiger charge is 2.51. The van der Waals surface area contributed by atoms with Crippen molar-refractivity contribution in [3.63, 3.8) is 0 Å². The van der Waals surface area contributed by atoms with Gasteiger partial charge >= 0.3 is 5.97 Å². The second-order valence-corrected chi connectivity index (χ2v) is 7.70. The number of carbonyl (C=O) groups is 2. The van der Waals surface area contributed by atoms with Gasteiger partial charge < -0.3 is 4.74 Å². The van der Waals surface area contributed by atoms with Crippen molar-refractivity contribution in [1.29, 1.82) is 5.26 Å². The fourth-order valence-corrected chi connectivity index (χ4v) is 3.31. The molecule has 1 aromatic rings. The van der Waals surface area contributed by atoms with Gasteiger partial charge in [0.2, 0.25) is 0 Å². The largest absolute Gasteiger partial charge is 0.459 e. The van der Waals surface area contributed by atoms with Gasteiger partial charge in [-0.05, 0) is 57.2 Å². The van der Waals surface area contributed by atoms with Crippen LogP contribution in [0.15, 0.2) is 24.3 Å². The summed E-state index contributed by atoms with van der Waals surface area (Å²) in [6, 6.07) is 8.85. The van der Waals surface area contributed by atoms with Crippen molar-refractivity contribution in [3.05, 3.63) is 34.9 Å². The van der Waals surface area contributed by atoms with Crippen LogP contribution in [0, 0.1) is 17.2 Å². The van der Waals surface area contributed by atoms with Crippen molar-refractivity contribution < 1.29 is 14.3 Å². The van der Waals surface area contributed by atoms with Crippen LogP contribution in [-0.2, 0) is 19.7 Å². The number of benzene rings is 1. The summed E-state index contributed by atoms with van der Waals surface area (Å²) in [6.45, 7) is 5.29. The van der Waals surface area contributed by atoms with Gasteiger partial charge in [0, 0.05) is 17.9 Å². The molecule has 5 heteroatoms. The second kappa shape index (κ2) is 6.94. The van der Waals surface area contributed by atoms with E-state index < -0.39 is 17.0 Å². The average molecular weight is 348 g/mol. The molecule has 0 N–H and O–H groups in total. The summed E-state index contributed by atoms with van der Waals surface area (Å²) < 4.78 is 5.56. The molecule has 0 saturated heterocycles. The van der Waals surface area contributed by atoms with Gasteiger partial charge in [0.15, 0.2) is 5.41 Å². The lowest BCUT2D eigenvalue weighted by atomic mass is 9.65. The average Bonchev–Trinajstić information content (AvgIpc) is 2.48. The van der Waals surface area contributed by atoms with E-state index >= 15 is 0 Å². The molecule has 0 unspecified atom stereocenters. The summed E-state index contributed by atoms with van der Waals surface area (Å²) >= 11 is 5.95. The maximum absolute atomic E-state index is 13.0. The Morgan fingerprint density at radius 2 is 1.92 bits per heavy atom. The number of Topliss-reactive ketones (excluding diaryl/α,β-unsaturated/α-hetero) is 1. The van der Waals surface area contributed by atoms with E-state index in [9.17, 15) is 14.9 Å². The molecular formula is C19H22ClNO3. The molecule has 128 valence electrons. The number of hydrogen-bond acceptors (Lipinski definition) is 4. The van der Waals surface area contributed by atoms with Gasteiger partial charge in [-0.3, -0.25) is 4.79 Å². The van der Waals surface area contributed by atoms with E-state index in [0.717, 1.165) is 0 Å². The van der Waals surface area contributed by atoms with Gasteiger partial charge in [0.25, 0.3) is 0 Å². The number of esters is 1. The molecule has 2 rings (SSSR count). The molecule has 24 heavy (non-hydrogen) atoms. The van der Waals surface area contributed by atoms with E-state index in [4.69, 9.17) is 16.3 Å². The van der Waals surface area contributed by atoms with Crippen LogP contribution in [0.3, 0.4) is 0 Å². The first-order valence-corrected chi connectivity index (χ1v) is 8.49. The topological polar surface area (TPSA) is 67.2 Å². The van der Waals surface area contributed by atoms with Crippen molar-refractivity contribution in [2.24, 2.45) is 5.92 Å². The molecule has 0 heterocycles. The first-order chi connectivity index (χ1) is 11.2. The van der Waals surface area contributed by atoms with Gasteiger partial charge in [-0.25, -0.2) is 4.79 Å². The number of carbonyl (C=O) groups excluding carboxylic acids is 2. The fourth-order valence-electron chi connectivity index (χ4n) is 3.19. The van der Waals surface area contributed by atoms with Gasteiger partial charge in [-0.1, -0.05) is 23.7 Å². The zero-order valence-corrected chi connectivity index (χ0v) is 15.0. The fraction of sp³-hybridized carbons (Fsp3) is 0.526. The van der Waals surface area contributed by atoms with Crippen LogP contribution >= 0.6 is 11.6 Å². The Kier molecular flexibility index (Phi) is 5.35. The zero-order valence-electron chi connectivity index (χ0n) is 14.3. The number of ketones is 1. The molecule has 2 atom stereocenters. The molecule has 0 spiro atoms. The lowest BCUT2D eigenvalue weighted by Gasteiger charge is -2.37. The van der Waals surface area contributed by atoms with E-state index in [-0.39, 0.29) is 18.1 Å². The molecule has 0 bridgehead atoms. The summed E-state index contributed by atoms with van der Waals surface area (Å²) in [5, 5.41) is 10.5. The predicted octanol–water partition coefficient (Wildman–Crippen LogP) is 4.20. The number of rotatable bonds is 3. The van der Waals surface area contributed by atoms with Gasteiger partial charge in [0.05, 0.1) is 6.07 Å². The van der Waals surface area contributed by atoms with Crippen molar-refractivity contribution in [1.82, 2.24) is 0 Å². The Morgan fingerprint density at radius 3 is 2.42 bits per heavy atom. The molecule has 4 nitrogen and oxygen atoms in total. The standard InChI is InChI=1S/C19H22ClNO3/c1-18(2,3)24-17(23)19(12-21,13-7-9-15(20)10-8-13)14-5-4-6-16(22)11-14/h7-10,14H,4-6,11H2,1-3H3/t14-,19-/m0/s1.